The maximum absolute atomic E-state index is 12.2. The van der Waals surface area contributed by atoms with Gasteiger partial charge in [0.1, 0.15) is 5.82 Å². The van der Waals surface area contributed by atoms with Gasteiger partial charge >= 0.3 is 0 Å². The van der Waals surface area contributed by atoms with Crippen molar-refractivity contribution in [2.24, 2.45) is 0 Å². The summed E-state index contributed by atoms with van der Waals surface area (Å²) >= 11 is 0. The molecule has 21 heavy (non-hydrogen) atoms. The average Bonchev–Trinajstić information content (AvgIpc) is 2.33. The van der Waals surface area contributed by atoms with Gasteiger partial charge in [-0.25, -0.2) is 4.98 Å². The molecule has 0 unspecified atom stereocenters. The standard InChI is InChI=1S/C15H25N3O3/c1-6-18(9-15(4,5)21)13(19)8-7-12-10(2)16-11(3)17-14(12)20/h21H,6-9H2,1-5H3,(H,16,17,20). The molecule has 0 aromatic carbocycles. The van der Waals surface area contributed by atoms with E-state index in [4.69, 9.17) is 0 Å². The van der Waals surface area contributed by atoms with Crippen molar-refractivity contribution in [3.63, 3.8) is 0 Å². The molecular weight excluding hydrogens is 270 g/mol. The Morgan fingerprint density at radius 2 is 2.00 bits per heavy atom. The van der Waals surface area contributed by atoms with Gasteiger partial charge in [0.25, 0.3) is 5.56 Å². The summed E-state index contributed by atoms with van der Waals surface area (Å²) < 4.78 is 0. The maximum Gasteiger partial charge on any atom is 0.254 e. The average molecular weight is 295 g/mol. The number of amides is 1. The SMILES string of the molecule is CCN(CC(C)(C)O)C(=O)CCc1c(C)nc(C)[nH]c1=O. The molecule has 0 spiro atoms. The van der Waals surface area contributed by atoms with E-state index >= 15 is 0 Å². The Labute approximate surface area is 125 Å². The number of nitrogens with one attached hydrogen (secondary N) is 1. The lowest BCUT2D eigenvalue weighted by Gasteiger charge is -2.28. The van der Waals surface area contributed by atoms with Crippen molar-refractivity contribution in [2.75, 3.05) is 13.1 Å². The molecule has 0 saturated heterocycles. The van der Waals surface area contributed by atoms with Crippen molar-refractivity contribution in [1.82, 2.24) is 14.9 Å². The fourth-order valence-electron chi connectivity index (χ4n) is 2.28. The molecule has 118 valence electrons. The lowest BCUT2D eigenvalue weighted by Crippen LogP contribution is -2.42. The minimum Gasteiger partial charge on any atom is -0.389 e. The highest BCUT2D eigenvalue weighted by atomic mass is 16.3. The van der Waals surface area contributed by atoms with Crippen LogP contribution in [0.15, 0.2) is 4.79 Å². The van der Waals surface area contributed by atoms with Crippen LogP contribution >= 0.6 is 0 Å². The third kappa shape index (κ3) is 5.30. The number of hydrogen-bond donors (Lipinski definition) is 2. The smallest absolute Gasteiger partial charge is 0.254 e. The van der Waals surface area contributed by atoms with Crippen LogP contribution in [0.2, 0.25) is 0 Å². The molecule has 0 aliphatic rings. The number of carbonyl (C=O) groups is 1. The number of aryl methyl sites for hydroxylation is 2. The predicted molar refractivity (Wildman–Crippen MR) is 81.2 cm³/mol. The molecule has 2 N–H and O–H groups in total. The van der Waals surface area contributed by atoms with Gasteiger partial charge in [-0.3, -0.25) is 9.59 Å². The van der Waals surface area contributed by atoms with E-state index in [0.29, 0.717) is 30.0 Å². The van der Waals surface area contributed by atoms with Gasteiger partial charge in [0, 0.05) is 30.8 Å². The third-order valence-corrected chi connectivity index (χ3v) is 3.24. The molecule has 0 saturated carbocycles. The van der Waals surface area contributed by atoms with Gasteiger partial charge in [-0.2, -0.15) is 0 Å². The number of aromatic amines is 1. The van der Waals surface area contributed by atoms with E-state index in [2.05, 4.69) is 9.97 Å². The lowest BCUT2D eigenvalue weighted by molar-refractivity contribution is -0.133. The van der Waals surface area contributed by atoms with Crippen LogP contribution < -0.4 is 5.56 Å². The maximum atomic E-state index is 12.2. The monoisotopic (exact) mass is 295 g/mol. The lowest BCUT2D eigenvalue weighted by atomic mass is 10.1. The number of likely N-dealkylation sites (N-methyl/N-ethyl adjacent to an activating group) is 1. The van der Waals surface area contributed by atoms with Gasteiger partial charge in [0.05, 0.1) is 5.60 Å². The van der Waals surface area contributed by atoms with Crippen molar-refractivity contribution in [3.8, 4) is 0 Å². The van der Waals surface area contributed by atoms with E-state index in [9.17, 15) is 14.7 Å². The summed E-state index contributed by atoms with van der Waals surface area (Å²) in [5, 5.41) is 9.81. The van der Waals surface area contributed by atoms with Crippen LogP contribution in [-0.2, 0) is 11.2 Å². The Bertz CT molecular complexity index is 558. The molecule has 6 heteroatoms. The second-order valence-electron chi connectivity index (χ2n) is 5.94. The first-order valence-electron chi connectivity index (χ1n) is 7.20. The summed E-state index contributed by atoms with van der Waals surface area (Å²) in [6.07, 6.45) is 0.591. The van der Waals surface area contributed by atoms with Gasteiger partial charge < -0.3 is 15.0 Å². The summed E-state index contributed by atoms with van der Waals surface area (Å²) in [6.45, 7) is 9.52. The van der Waals surface area contributed by atoms with Crippen LogP contribution in [0.4, 0.5) is 0 Å². The van der Waals surface area contributed by atoms with Gasteiger partial charge in [-0.05, 0) is 41.0 Å². The molecule has 1 aromatic heterocycles. The summed E-state index contributed by atoms with van der Waals surface area (Å²) in [7, 11) is 0. The number of aliphatic hydroxyl groups is 1. The largest absolute Gasteiger partial charge is 0.389 e. The van der Waals surface area contributed by atoms with Crippen molar-refractivity contribution in [1.29, 1.82) is 0 Å². The molecule has 0 aliphatic heterocycles. The third-order valence-electron chi connectivity index (χ3n) is 3.24. The van der Waals surface area contributed by atoms with Crippen LogP contribution in [0, 0.1) is 13.8 Å². The van der Waals surface area contributed by atoms with Crippen molar-refractivity contribution in [2.45, 2.75) is 53.1 Å². The number of aromatic nitrogens is 2. The Morgan fingerprint density at radius 1 is 1.38 bits per heavy atom. The van der Waals surface area contributed by atoms with E-state index < -0.39 is 5.60 Å². The van der Waals surface area contributed by atoms with Crippen molar-refractivity contribution < 1.29 is 9.90 Å². The number of nitrogens with zero attached hydrogens (tertiary/aromatic N) is 2. The molecule has 1 aromatic rings. The molecular formula is C15H25N3O3. The van der Waals surface area contributed by atoms with Gasteiger partial charge in [-0.1, -0.05) is 0 Å². The first-order chi connectivity index (χ1) is 9.64. The molecule has 1 rings (SSSR count). The minimum atomic E-state index is -0.926. The Hall–Kier alpha value is -1.69. The second-order valence-corrected chi connectivity index (χ2v) is 5.94. The molecule has 6 nitrogen and oxygen atoms in total. The normalized spacial score (nSPS) is 11.5. The summed E-state index contributed by atoms with van der Waals surface area (Å²) in [6, 6.07) is 0. The zero-order valence-corrected chi connectivity index (χ0v) is 13.5. The van der Waals surface area contributed by atoms with Crippen LogP contribution in [0.1, 0.15) is 44.3 Å². The van der Waals surface area contributed by atoms with Gasteiger partial charge in [0.15, 0.2) is 0 Å². The Kier molecular flexibility index (Phi) is 5.66. The molecule has 0 fully saturated rings. The highest BCUT2D eigenvalue weighted by Gasteiger charge is 2.21. The van der Waals surface area contributed by atoms with E-state index in [-0.39, 0.29) is 24.4 Å². The number of H-pyrrole nitrogens is 1. The molecule has 1 amide bonds. The summed E-state index contributed by atoms with van der Waals surface area (Å²) in [4.78, 5) is 32.5. The van der Waals surface area contributed by atoms with Crippen LogP contribution in [-0.4, -0.2) is 44.6 Å². The molecule has 0 radical (unpaired) electrons. The highest BCUT2D eigenvalue weighted by Crippen LogP contribution is 2.09. The van der Waals surface area contributed by atoms with E-state index in [1.807, 2.05) is 6.92 Å². The fraction of sp³-hybridized carbons (Fsp3) is 0.667. The zero-order valence-electron chi connectivity index (χ0n) is 13.5. The number of hydrogen-bond acceptors (Lipinski definition) is 4. The summed E-state index contributed by atoms with van der Waals surface area (Å²) in [5.41, 5.74) is 0.103. The Balaban J connectivity index is 2.75. The van der Waals surface area contributed by atoms with Crippen LogP contribution in [0.5, 0.6) is 0 Å². The second kappa shape index (κ2) is 6.85. The van der Waals surface area contributed by atoms with Gasteiger partial charge in [-0.15, -0.1) is 0 Å². The molecule has 1 heterocycles. The Morgan fingerprint density at radius 3 is 2.48 bits per heavy atom. The van der Waals surface area contributed by atoms with Crippen LogP contribution in [0.3, 0.4) is 0 Å². The van der Waals surface area contributed by atoms with Gasteiger partial charge in [0.2, 0.25) is 5.91 Å². The van der Waals surface area contributed by atoms with E-state index in [0.717, 1.165) is 0 Å². The fourth-order valence-corrected chi connectivity index (χ4v) is 2.28. The first kappa shape index (κ1) is 17.4. The predicted octanol–water partition coefficient (Wildman–Crippen LogP) is 0.939. The quantitative estimate of drug-likeness (QED) is 0.817. The topological polar surface area (TPSA) is 86.3 Å². The molecule has 0 aliphatic carbocycles. The van der Waals surface area contributed by atoms with E-state index in [1.54, 1.807) is 32.6 Å². The van der Waals surface area contributed by atoms with Crippen molar-refractivity contribution in [3.05, 3.63) is 27.4 Å². The minimum absolute atomic E-state index is 0.0704. The zero-order chi connectivity index (χ0) is 16.2. The van der Waals surface area contributed by atoms with E-state index in [1.165, 1.54) is 0 Å². The first-order valence-corrected chi connectivity index (χ1v) is 7.20. The number of carbonyl (C=O) groups excluding carboxylic acids is 1. The van der Waals surface area contributed by atoms with Crippen LogP contribution in [0.25, 0.3) is 0 Å². The molecule has 0 atom stereocenters. The van der Waals surface area contributed by atoms with Crippen molar-refractivity contribution >= 4 is 5.91 Å². The molecule has 0 bridgehead atoms. The number of rotatable bonds is 6. The summed E-state index contributed by atoms with van der Waals surface area (Å²) in [5.74, 6) is 0.504. The highest BCUT2D eigenvalue weighted by molar-refractivity contribution is 5.76.